The lowest BCUT2D eigenvalue weighted by Gasteiger charge is -2.51. The summed E-state index contributed by atoms with van der Waals surface area (Å²) >= 11 is 0. The molecule has 1 saturated carbocycles. The molecule has 2 rings (SSSR count). The fourth-order valence-electron chi connectivity index (χ4n) is 4.45. The van der Waals surface area contributed by atoms with Crippen molar-refractivity contribution in [2.75, 3.05) is 0 Å². The van der Waals surface area contributed by atoms with Gasteiger partial charge in [-0.05, 0) is 19.8 Å². The molecule has 90 valence electrons. The molecule has 2 bridgehead atoms. The number of hydrogen-bond donors (Lipinski definition) is 0. The second-order valence-electron chi connectivity index (χ2n) is 6.38. The first-order valence-corrected chi connectivity index (χ1v) is 6.42. The average molecular weight is 220 g/mol. The number of allylic oxidation sites excluding steroid dienone is 2. The van der Waals surface area contributed by atoms with Crippen LogP contribution in [0.15, 0.2) is 11.1 Å². The minimum Gasteiger partial charge on any atom is -0.299 e. The number of Topliss-reactive ketones (excluding diaryl/α,β-unsaturated/α-hetero) is 1. The van der Waals surface area contributed by atoms with E-state index in [9.17, 15) is 4.79 Å². The summed E-state index contributed by atoms with van der Waals surface area (Å²) in [5.74, 6) is 1.37. The van der Waals surface area contributed by atoms with Gasteiger partial charge < -0.3 is 0 Å². The summed E-state index contributed by atoms with van der Waals surface area (Å²) in [6.07, 6.45) is 0. The van der Waals surface area contributed by atoms with E-state index in [0.717, 1.165) is 0 Å². The van der Waals surface area contributed by atoms with Crippen LogP contribution in [0.1, 0.15) is 48.5 Å². The number of carbonyl (C=O) groups is 1. The molecule has 0 aliphatic heterocycles. The number of carbonyl (C=O) groups excluding carboxylic acids is 1. The lowest BCUT2D eigenvalue weighted by molar-refractivity contribution is -0.141. The molecular weight excluding hydrogens is 196 g/mol. The molecule has 16 heavy (non-hydrogen) atoms. The van der Waals surface area contributed by atoms with Crippen molar-refractivity contribution >= 4 is 5.78 Å². The molecule has 0 saturated heterocycles. The Kier molecular flexibility index (Phi) is 2.22. The van der Waals surface area contributed by atoms with Crippen molar-refractivity contribution in [2.45, 2.75) is 48.5 Å². The van der Waals surface area contributed by atoms with Gasteiger partial charge in [0.15, 0.2) is 0 Å². The zero-order valence-electron chi connectivity index (χ0n) is 11.6. The third kappa shape index (κ3) is 0.919. The van der Waals surface area contributed by atoms with E-state index >= 15 is 0 Å². The number of ketones is 1. The van der Waals surface area contributed by atoms with E-state index in [1.165, 1.54) is 11.1 Å². The molecule has 1 fully saturated rings. The maximum atomic E-state index is 12.4. The minimum atomic E-state index is 0.0857. The summed E-state index contributed by atoms with van der Waals surface area (Å²) in [6.45, 7) is 15.6. The minimum absolute atomic E-state index is 0.0857. The van der Waals surface area contributed by atoms with Crippen LogP contribution in [0.2, 0.25) is 0 Å². The van der Waals surface area contributed by atoms with Gasteiger partial charge in [0.05, 0.1) is 0 Å². The van der Waals surface area contributed by atoms with Crippen LogP contribution >= 0.6 is 0 Å². The van der Waals surface area contributed by atoms with Gasteiger partial charge in [0.1, 0.15) is 5.78 Å². The Balaban J connectivity index is 2.71. The Morgan fingerprint density at radius 1 is 0.875 bits per heavy atom. The second-order valence-corrected chi connectivity index (χ2v) is 6.38. The summed E-state index contributed by atoms with van der Waals surface area (Å²) in [7, 11) is 0. The first kappa shape index (κ1) is 11.9. The molecule has 1 heteroatoms. The first-order chi connectivity index (χ1) is 7.20. The molecule has 0 spiro atoms. The molecule has 0 heterocycles. The van der Waals surface area contributed by atoms with E-state index in [1.807, 2.05) is 0 Å². The lowest BCUT2D eigenvalue weighted by Crippen LogP contribution is -2.51. The lowest BCUT2D eigenvalue weighted by atomic mass is 9.51. The van der Waals surface area contributed by atoms with Crippen molar-refractivity contribution in [3.8, 4) is 0 Å². The van der Waals surface area contributed by atoms with Gasteiger partial charge in [0.25, 0.3) is 0 Å². The van der Waals surface area contributed by atoms with Gasteiger partial charge in [-0.2, -0.15) is 0 Å². The van der Waals surface area contributed by atoms with Crippen LogP contribution in [0.3, 0.4) is 0 Å². The molecule has 5 atom stereocenters. The highest BCUT2D eigenvalue weighted by Gasteiger charge is 2.63. The number of rotatable bonds is 0. The largest absolute Gasteiger partial charge is 0.299 e. The van der Waals surface area contributed by atoms with Crippen LogP contribution < -0.4 is 0 Å². The predicted octanol–water partition coefficient (Wildman–Crippen LogP) is 3.84. The van der Waals surface area contributed by atoms with Gasteiger partial charge >= 0.3 is 0 Å². The third-order valence-corrected chi connectivity index (χ3v) is 6.63. The molecule has 0 radical (unpaired) electrons. The van der Waals surface area contributed by atoms with Crippen molar-refractivity contribution in [1.29, 1.82) is 0 Å². The fraction of sp³-hybridized carbons (Fsp3) is 0.800. The Morgan fingerprint density at radius 3 is 1.50 bits per heavy atom. The van der Waals surface area contributed by atoms with Crippen molar-refractivity contribution in [3.05, 3.63) is 11.1 Å². The Labute approximate surface area is 99.3 Å². The summed E-state index contributed by atoms with van der Waals surface area (Å²) in [5, 5.41) is 0. The maximum absolute atomic E-state index is 12.4. The van der Waals surface area contributed by atoms with E-state index in [-0.39, 0.29) is 22.7 Å². The van der Waals surface area contributed by atoms with E-state index in [0.29, 0.717) is 11.7 Å². The van der Waals surface area contributed by atoms with Crippen molar-refractivity contribution in [1.82, 2.24) is 0 Å². The number of hydrogen-bond acceptors (Lipinski definition) is 1. The monoisotopic (exact) mass is 220 g/mol. The second kappa shape index (κ2) is 3.00. The Hall–Kier alpha value is -0.590. The summed E-state index contributed by atoms with van der Waals surface area (Å²) in [6, 6.07) is 0. The standard InChI is InChI=1S/C15H24O/c1-8-9(2)15(7)11(4)13(16)10(3)14(8,6)12(15)5/h10-12H,1-7H3/t10-,11+,12?,14+,15-. The van der Waals surface area contributed by atoms with Crippen LogP contribution in [0.5, 0.6) is 0 Å². The zero-order chi connectivity index (χ0) is 12.5. The molecule has 0 aromatic carbocycles. The molecule has 1 nitrogen and oxygen atoms in total. The smallest absolute Gasteiger partial charge is 0.140 e. The zero-order valence-corrected chi connectivity index (χ0v) is 11.6. The molecular formula is C15H24O. The van der Waals surface area contributed by atoms with Gasteiger partial charge in [-0.25, -0.2) is 0 Å². The average Bonchev–Trinajstić information content (AvgIpc) is 2.38. The van der Waals surface area contributed by atoms with Gasteiger partial charge in [-0.1, -0.05) is 45.8 Å². The van der Waals surface area contributed by atoms with Gasteiger partial charge in [0, 0.05) is 22.7 Å². The van der Waals surface area contributed by atoms with E-state index in [1.54, 1.807) is 0 Å². The highest BCUT2D eigenvalue weighted by Crippen LogP contribution is 2.66. The Bertz CT molecular complexity index is 358. The summed E-state index contributed by atoms with van der Waals surface area (Å²) < 4.78 is 0. The maximum Gasteiger partial charge on any atom is 0.140 e. The molecule has 0 aromatic rings. The van der Waals surface area contributed by atoms with Gasteiger partial charge in [0.2, 0.25) is 0 Å². The van der Waals surface area contributed by atoms with Gasteiger partial charge in [-0.3, -0.25) is 4.79 Å². The van der Waals surface area contributed by atoms with E-state index < -0.39 is 0 Å². The van der Waals surface area contributed by atoms with Crippen LogP contribution in [-0.4, -0.2) is 5.78 Å². The van der Waals surface area contributed by atoms with Crippen LogP contribution in [-0.2, 0) is 4.79 Å². The van der Waals surface area contributed by atoms with Crippen molar-refractivity contribution < 1.29 is 4.79 Å². The molecule has 2 aliphatic rings. The van der Waals surface area contributed by atoms with Crippen LogP contribution in [0, 0.1) is 28.6 Å². The normalized spacial score (nSPS) is 52.4. The molecule has 1 unspecified atom stereocenters. The van der Waals surface area contributed by atoms with E-state index in [4.69, 9.17) is 0 Å². The highest BCUT2D eigenvalue weighted by molar-refractivity contribution is 5.87. The highest BCUT2D eigenvalue weighted by atomic mass is 16.1. The summed E-state index contributed by atoms with van der Waals surface area (Å²) in [4.78, 5) is 12.4. The van der Waals surface area contributed by atoms with Gasteiger partial charge in [-0.15, -0.1) is 0 Å². The third-order valence-electron chi connectivity index (χ3n) is 6.63. The molecule has 0 N–H and O–H groups in total. The van der Waals surface area contributed by atoms with Crippen LogP contribution in [0.25, 0.3) is 0 Å². The topological polar surface area (TPSA) is 17.1 Å². The van der Waals surface area contributed by atoms with Crippen molar-refractivity contribution in [3.63, 3.8) is 0 Å². The number of fused-ring (bicyclic) bond motifs is 2. The fourth-order valence-corrected chi connectivity index (χ4v) is 4.45. The SMILES string of the molecule is CC1=C(C)[C@]2(C)C(C)[C@@]1(C)[C@@H](C)C(=O)[C@H]2C. The van der Waals surface area contributed by atoms with Crippen LogP contribution in [0.4, 0.5) is 0 Å². The van der Waals surface area contributed by atoms with Crippen molar-refractivity contribution in [2.24, 2.45) is 28.6 Å². The summed E-state index contributed by atoms with van der Waals surface area (Å²) in [5.41, 5.74) is 3.10. The quantitative estimate of drug-likeness (QED) is 0.567. The molecule has 0 aromatic heterocycles. The molecule has 0 amide bonds. The van der Waals surface area contributed by atoms with E-state index in [2.05, 4.69) is 48.5 Å². The molecule has 2 aliphatic carbocycles. The predicted molar refractivity (Wildman–Crippen MR) is 67.1 cm³/mol. The Morgan fingerprint density at radius 2 is 1.19 bits per heavy atom. The first-order valence-electron chi connectivity index (χ1n) is 6.42.